The summed E-state index contributed by atoms with van der Waals surface area (Å²) in [5.74, 6) is -0.0789. The lowest BCUT2D eigenvalue weighted by Gasteiger charge is -2.24. The van der Waals surface area contributed by atoms with Crippen LogP contribution in [0.5, 0.6) is 0 Å². The second-order valence-electron chi connectivity index (χ2n) is 5.99. The Bertz CT molecular complexity index is 613. The lowest BCUT2D eigenvalue weighted by atomic mass is 10.0. The van der Waals surface area contributed by atoms with Crippen LogP contribution in [-0.4, -0.2) is 16.4 Å². The number of aromatic nitrogens is 1. The Kier molecular flexibility index (Phi) is 4.41. The topological polar surface area (TPSA) is 42.0 Å². The van der Waals surface area contributed by atoms with Gasteiger partial charge < -0.3 is 5.32 Å². The van der Waals surface area contributed by atoms with Crippen molar-refractivity contribution in [1.29, 1.82) is 0 Å². The normalized spacial score (nSPS) is 11.2. The van der Waals surface area contributed by atoms with E-state index in [1.165, 1.54) is 5.56 Å². The van der Waals surface area contributed by atoms with Gasteiger partial charge in [0.15, 0.2) is 0 Å². The average molecular weight is 282 g/mol. The third kappa shape index (κ3) is 3.91. The molecule has 21 heavy (non-hydrogen) atoms. The van der Waals surface area contributed by atoms with Crippen molar-refractivity contribution in [1.82, 2.24) is 10.3 Å². The van der Waals surface area contributed by atoms with Crippen LogP contribution in [0.2, 0.25) is 0 Å². The summed E-state index contributed by atoms with van der Waals surface area (Å²) >= 11 is 0. The molecule has 110 valence electrons. The van der Waals surface area contributed by atoms with Gasteiger partial charge in [-0.05, 0) is 39.3 Å². The molecule has 1 heterocycles. The maximum atomic E-state index is 12.2. The number of nitrogens with zero attached hydrogens (tertiary/aromatic N) is 1. The molecule has 0 aliphatic rings. The van der Waals surface area contributed by atoms with E-state index in [0.29, 0.717) is 5.56 Å². The minimum atomic E-state index is -0.202. The van der Waals surface area contributed by atoms with Crippen LogP contribution in [0.25, 0.3) is 11.3 Å². The van der Waals surface area contributed by atoms with Crippen LogP contribution in [0.15, 0.2) is 42.6 Å². The highest BCUT2D eigenvalue weighted by Gasteiger charge is 2.18. The number of carbonyl (C=O) groups is 1. The summed E-state index contributed by atoms with van der Waals surface area (Å²) in [6, 6.07) is 11.9. The molecule has 2 rings (SSSR count). The fourth-order valence-electron chi connectivity index (χ4n) is 1.89. The van der Waals surface area contributed by atoms with Crippen molar-refractivity contribution in [3.8, 4) is 11.3 Å². The SMILES string of the molecule is CCC(C)(C)NC(=O)c1ccc(-c2ccc(C)cc2)nc1. The predicted molar refractivity (Wildman–Crippen MR) is 86.2 cm³/mol. The number of pyridine rings is 1. The van der Waals surface area contributed by atoms with E-state index >= 15 is 0 Å². The molecule has 0 saturated heterocycles. The Hall–Kier alpha value is -2.16. The van der Waals surface area contributed by atoms with E-state index < -0.39 is 0 Å². The molecule has 1 aromatic heterocycles. The van der Waals surface area contributed by atoms with Gasteiger partial charge in [0.25, 0.3) is 5.91 Å². The quantitative estimate of drug-likeness (QED) is 0.921. The van der Waals surface area contributed by atoms with Crippen LogP contribution < -0.4 is 5.32 Å². The van der Waals surface area contributed by atoms with E-state index in [0.717, 1.165) is 17.7 Å². The lowest BCUT2D eigenvalue weighted by molar-refractivity contribution is 0.0911. The zero-order chi connectivity index (χ0) is 15.5. The first-order chi connectivity index (χ1) is 9.91. The summed E-state index contributed by atoms with van der Waals surface area (Å²) in [6.07, 6.45) is 2.52. The number of carbonyl (C=O) groups excluding carboxylic acids is 1. The smallest absolute Gasteiger partial charge is 0.253 e. The zero-order valence-electron chi connectivity index (χ0n) is 13.1. The molecular formula is C18H22N2O. The highest BCUT2D eigenvalue weighted by atomic mass is 16.1. The van der Waals surface area contributed by atoms with Crippen molar-refractivity contribution in [3.05, 3.63) is 53.7 Å². The molecule has 0 aliphatic carbocycles. The lowest BCUT2D eigenvalue weighted by Crippen LogP contribution is -2.42. The summed E-state index contributed by atoms with van der Waals surface area (Å²) in [5.41, 5.74) is 3.54. The molecule has 0 unspecified atom stereocenters. The first-order valence-corrected chi connectivity index (χ1v) is 7.27. The van der Waals surface area contributed by atoms with Gasteiger partial charge in [-0.1, -0.05) is 36.8 Å². The minimum Gasteiger partial charge on any atom is -0.347 e. The molecular weight excluding hydrogens is 260 g/mol. The van der Waals surface area contributed by atoms with E-state index in [2.05, 4.69) is 36.3 Å². The average Bonchev–Trinajstić information content (AvgIpc) is 2.48. The van der Waals surface area contributed by atoms with Crippen LogP contribution in [-0.2, 0) is 0 Å². The Morgan fingerprint density at radius 1 is 1.14 bits per heavy atom. The van der Waals surface area contributed by atoms with E-state index in [9.17, 15) is 4.79 Å². The molecule has 2 aromatic rings. The van der Waals surface area contributed by atoms with Gasteiger partial charge >= 0.3 is 0 Å². The van der Waals surface area contributed by atoms with Crippen molar-refractivity contribution in [2.45, 2.75) is 39.7 Å². The molecule has 3 nitrogen and oxygen atoms in total. The van der Waals surface area contributed by atoms with Gasteiger partial charge in [-0.25, -0.2) is 0 Å². The van der Waals surface area contributed by atoms with Crippen molar-refractivity contribution >= 4 is 5.91 Å². The number of amides is 1. The maximum Gasteiger partial charge on any atom is 0.253 e. The fourth-order valence-corrected chi connectivity index (χ4v) is 1.89. The molecule has 1 N–H and O–H groups in total. The van der Waals surface area contributed by atoms with Crippen molar-refractivity contribution in [2.75, 3.05) is 0 Å². The number of rotatable bonds is 4. The van der Waals surface area contributed by atoms with Gasteiger partial charge in [0.1, 0.15) is 0 Å². The number of hydrogen-bond donors (Lipinski definition) is 1. The van der Waals surface area contributed by atoms with Crippen LogP contribution in [0.1, 0.15) is 43.1 Å². The Morgan fingerprint density at radius 2 is 1.81 bits per heavy atom. The Labute approximate surface area is 126 Å². The predicted octanol–water partition coefficient (Wildman–Crippen LogP) is 3.98. The fraction of sp³-hybridized carbons (Fsp3) is 0.333. The first kappa shape index (κ1) is 15.2. The molecule has 0 spiro atoms. The largest absolute Gasteiger partial charge is 0.347 e. The number of nitrogens with one attached hydrogen (secondary N) is 1. The molecule has 1 amide bonds. The number of benzene rings is 1. The summed E-state index contributed by atoms with van der Waals surface area (Å²) in [6.45, 7) is 8.14. The van der Waals surface area contributed by atoms with Gasteiger partial charge in [0.05, 0.1) is 11.3 Å². The summed E-state index contributed by atoms with van der Waals surface area (Å²) in [4.78, 5) is 16.6. The monoisotopic (exact) mass is 282 g/mol. The number of hydrogen-bond acceptors (Lipinski definition) is 2. The zero-order valence-corrected chi connectivity index (χ0v) is 13.1. The maximum absolute atomic E-state index is 12.2. The summed E-state index contributed by atoms with van der Waals surface area (Å²) < 4.78 is 0. The first-order valence-electron chi connectivity index (χ1n) is 7.27. The van der Waals surface area contributed by atoms with Crippen LogP contribution in [0.4, 0.5) is 0 Å². The third-order valence-electron chi connectivity index (χ3n) is 3.71. The number of aryl methyl sites for hydroxylation is 1. The van der Waals surface area contributed by atoms with Gasteiger partial charge in [-0.2, -0.15) is 0 Å². The Morgan fingerprint density at radius 3 is 2.33 bits per heavy atom. The molecule has 0 bridgehead atoms. The minimum absolute atomic E-state index is 0.0789. The van der Waals surface area contributed by atoms with E-state index in [1.54, 1.807) is 6.20 Å². The standard InChI is InChI=1S/C18H22N2O/c1-5-18(3,4)20-17(21)15-10-11-16(19-12-15)14-8-6-13(2)7-9-14/h6-12H,5H2,1-4H3,(H,20,21). The molecule has 3 heteroatoms. The van der Waals surface area contributed by atoms with Crippen LogP contribution in [0, 0.1) is 6.92 Å². The second kappa shape index (κ2) is 6.08. The molecule has 1 aromatic carbocycles. The molecule has 0 saturated carbocycles. The summed E-state index contributed by atoms with van der Waals surface area (Å²) in [7, 11) is 0. The van der Waals surface area contributed by atoms with Gasteiger partial charge in [0.2, 0.25) is 0 Å². The molecule has 0 atom stereocenters. The second-order valence-corrected chi connectivity index (χ2v) is 5.99. The van der Waals surface area contributed by atoms with E-state index in [4.69, 9.17) is 0 Å². The molecule has 0 fully saturated rings. The van der Waals surface area contributed by atoms with Gasteiger partial charge in [0, 0.05) is 17.3 Å². The highest BCUT2D eigenvalue weighted by molar-refractivity contribution is 5.94. The van der Waals surface area contributed by atoms with Crippen LogP contribution in [0.3, 0.4) is 0 Å². The highest BCUT2D eigenvalue weighted by Crippen LogP contribution is 2.18. The third-order valence-corrected chi connectivity index (χ3v) is 3.71. The molecule has 0 radical (unpaired) electrons. The van der Waals surface area contributed by atoms with E-state index in [-0.39, 0.29) is 11.4 Å². The Balaban J connectivity index is 2.15. The van der Waals surface area contributed by atoms with Gasteiger partial charge in [-0.3, -0.25) is 9.78 Å². The van der Waals surface area contributed by atoms with Crippen molar-refractivity contribution in [3.63, 3.8) is 0 Å². The van der Waals surface area contributed by atoms with Crippen molar-refractivity contribution < 1.29 is 4.79 Å². The van der Waals surface area contributed by atoms with E-state index in [1.807, 2.05) is 38.1 Å². The van der Waals surface area contributed by atoms with Crippen LogP contribution >= 0.6 is 0 Å². The summed E-state index contributed by atoms with van der Waals surface area (Å²) in [5, 5.41) is 3.01. The molecule has 0 aliphatic heterocycles. The van der Waals surface area contributed by atoms with Crippen molar-refractivity contribution in [2.24, 2.45) is 0 Å². The van der Waals surface area contributed by atoms with Gasteiger partial charge in [-0.15, -0.1) is 0 Å².